The lowest BCUT2D eigenvalue weighted by atomic mass is 10.0. The van der Waals surface area contributed by atoms with E-state index < -0.39 is 0 Å². The zero-order valence-electron chi connectivity index (χ0n) is 8.57. The van der Waals surface area contributed by atoms with Crippen LogP contribution in [0.5, 0.6) is 0 Å². The second-order valence-electron chi connectivity index (χ2n) is 3.39. The Balaban J connectivity index is 2.55. The Bertz CT molecular complexity index is 521. The van der Waals surface area contributed by atoms with E-state index in [9.17, 15) is 0 Å². The van der Waals surface area contributed by atoms with Crippen LogP contribution in [0.2, 0.25) is 0 Å². The highest BCUT2D eigenvalue weighted by molar-refractivity contribution is 5.64. The van der Waals surface area contributed by atoms with E-state index in [1.165, 1.54) is 0 Å². The van der Waals surface area contributed by atoms with Crippen LogP contribution in [0, 0.1) is 19.3 Å². The SMILES string of the molecule is C#Cc1cccc(-c2ncccc2C)c1. The van der Waals surface area contributed by atoms with Gasteiger partial charge in [0.15, 0.2) is 0 Å². The van der Waals surface area contributed by atoms with Crippen molar-refractivity contribution in [1.29, 1.82) is 0 Å². The summed E-state index contributed by atoms with van der Waals surface area (Å²) in [4.78, 5) is 4.36. The average molecular weight is 193 g/mol. The first-order chi connectivity index (χ1) is 7.31. The van der Waals surface area contributed by atoms with Gasteiger partial charge in [0.1, 0.15) is 0 Å². The van der Waals surface area contributed by atoms with Crippen LogP contribution in [-0.2, 0) is 0 Å². The van der Waals surface area contributed by atoms with Gasteiger partial charge in [0.05, 0.1) is 5.69 Å². The first kappa shape index (κ1) is 9.48. The summed E-state index contributed by atoms with van der Waals surface area (Å²) in [6, 6.07) is 11.9. The molecule has 0 fully saturated rings. The van der Waals surface area contributed by atoms with Gasteiger partial charge in [-0.2, -0.15) is 0 Å². The van der Waals surface area contributed by atoms with Gasteiger partial charge in [-0.1, -0.05) is 24.1 Å². The number of terminal acetylenes is 1. The molecule has 0 saturated carbocycles. The Morgan fingerprint density at radius 3 is 2.80 bits per heavy atom. The molecular formula is C14H11N. The van der Waals surface area contributed by atoms with Crippen LogP contribution in [0.1, 0.15) is 11.1 Å². The van der Waals surface area contributed by atoms with Crippen LogP contribution in [0.15, 0.2) is 42.6 Å². The number of hydrogen-bond acceptors (Lipinski definition) is 1. The molecule has 0 bridgehead atoms. The number of aromatic nitrogens is 1. The molecule has 1 aromatic carbocycles. The van der Waals surface area contributed by atoms with Crippen molar-refractivity contribution in [2.24, 2.45) is 0 Å². The maximum atomic E-state index is 5.36. The molecule has 0 amide bonds. The predicted molar refractivity (Wildman–Crippen MR) is 62.3 cm³/mol. The molecule has 0 aliphatic carbocycles. The molecule has 0 spiro atoms. The highest BCUT2D eigenvalue weighted by atomic mass is 14.7. The molecule has 2 aromatic rings. The Morgan fingerprint density at radius 2 is 2.07 bits per heavy atom. The number of benzene rings is 1. The summed E-state index contributed by atoms with van der Waals surface area (Å²) in [6.45, 7) is 2.05. The standard InChI is InChI=1S/C14H11N/c1-3-12-7-4-8-13(10-12)14-11(2)6-5-9-15-14/h1,4-10H,2H3. The van der Waals surface area contributed by atoms with Crippen molar-refractivity contribution in [3.05, 3.63) is 53.7 Å². The molecule has 2 rings (SSSR count). The largest absolute Gasteiger partial charge is 0.256 e. The van der Waals surface area contributed by atoms with Gasteiger partial charge in [-0.05, 0) is 30.7 Å². The third-order valence-corrected chi connectivity index (χ3v) is 2.31. The third-order valence-electron chi connectivity index (χ3n) is 2.31. The molecule has 0 unspecified atom stereocenters. The van der Waals surface area contributed by atoms with Crippen molar-refractivity contribution in [2.75, 3.05) is 0 Å². The van der Waals surface area contributed by atoms with Crippen LogP contribution < -0.4 is 0 Å². The van der Waals surface area contributed by atoms with Crippen LogP contribution >= 0.6 is 0 Å². The molecule has 0 N–H and O–H groups in total. The number of aryl methyl sites for hydroxylation is 1. The summed E-state index contributed by atoms with van der Waals surface area (Å²) >= 11 is 0. The van der Waals surface area contributed by atoms with E-state index in [0.717, 1.165) is 22.4 Å². The number of nitrogens with zero attached hydrogens (tertiary/aromatic N) is 1. The van der Waals surface area contributed by atoms with E-state index in [2.05, 4.69) is 10.9 Å². The molecule has 0 radical (unpaired) electrons. The minimum atomic E-state index is 0.887. The molecule has 0 aliphatic heterocycles. The van der Waals surface area contributed by atoms with Gasteiger partial charge < -0.3 is 0 Å². The zero-order valence-corrected chi connectivity index (χ0v) is 8.57. The molecular weight excluding hydrogens is 182 g/mol. The van der Waals surface area contributed by atoms with E-state index in [0.29, 0.717) is 0 Å². The van der Waals surface area contributed by atoms with E-state index in [1.54, 1.807) is 6.20 Å². The lowest BCUT2D eigenvalue weighted by Gasteiger charge is -2.04. The summed E-state index contributed by atoms with van der Waals surface area (Å²) in [7, 11) is 0. The topological polar surface area (TPSA) is 12.9 Å². The van der Waals surface area contributed by atoms with E-state index in [-0.39, 0.29) is 0 Å². The normalized spacial score (nSPS) is 9.60. The Morgan fingerprint density at radius 1 is 1.20 bits per heavy atom. The van der Waals surface area contributed by atoms with Crippen molar-refractivity contribution in [1.82, 2.24) is 4.98 Å². The fraction of sp³-hybridized carbons (Fsp3) is 0.0714. The quantitative estimate of drug-likeness (QED) is 0.634. The minimum absolute atomic E-state index is 0.887. The van der Waals surface area contributed by atoms with Crippen LogP contribution in [0.3, 0.4) is 0 Å². The van der Waals surface area contributed by atoms with Crippen molar-refractivity contribution in [3.8, 4) is 23.6 Å². The summed E-state index contributed by atoms with van der Waals surface area (Å²) < 4.78 is 0. The van der Waals surface area contributed by atoms with E-state index >= 15 is 0 Å². The van der Waals surface area contributed by atoms with Crippen molar-refractivity contribution in [3.63, 3.8) is 0 Å². The smallest absolute Gasteiger partial charge is 0.0731 e. The number of rotatable bonds is 1. The second kappa shape index (κ2) is 3.98. The third kappa shape index (κ3) is 1.89. The second-order valence-corrected chi connectivity index (χ2v) is 3.39. The predicted octanol–water partition coefficient (Wildman–Crippen LogP) is 3.04. The molecule has 0 saturated heterocycles. The highest BCUT2D eigenvalue weighted by Crippen LogP contribution is 2.20. The lowest BCUT2D eigenvalue weighted by molar-refractivity contribution is 1.27. The maximum Gasteiger partial charge on any atom is 0.0731 e. The van der Waals surface area contributed by atoms with Crippen molar-refractivity contribution < 1.29 is 0 Å². The molecule has 72 valence electrons. The molecule has 1 aromatic heterocycles. The van der Waals surface area contributed by atoms with Crippen LogP contribution in [-0.4, -0.2) is 4.98 Å². The lowest BCUT2D eigenvalue weighted by Crippen LogP contribution is -1.87. The average Bonchev–Trinajstić information content (AvgIpc) is 2.30. The Hall–Kier alpha value is -2.07. The summed E-state index contributed by atoms with van der Waals surface area (Å²) in [5, 5.41) is 0. The number of hydrogen-bond donors (Lipinski definition) is 0. The molecule has 0 aliphatic rings. The highest BCUT2D eigenvalue weighted by Gasteiger charge is 2.02. The first-order valence-electron chi connectivity index (χ1n) is 4.80. The van der Waals surface area contributed by atoms with Gasteiger partial charge in [0, 0.05) is 17.3 Å². The fourth-order valence-electron chi connectivity index (χ4n) is 1.54. The summed E-state index contributed by atoms with van der Waals surface area (Å²) in [5.41, 5.74) is 4.11. The van der Waals surface area contributed by atoms with Gasteiger partial charge in [-0.25, -0.2) is 0 Å². The van der Waals surface area contributed by atoms with E-state index in [1.807, 2.05) is 43.3 Å². The number of pyridine rings is 1. The summed E-state index contributed by atoms with van der Waals surface area (Å²) in [6.07, 6.45) is 7.16. The Labute approximate surface area is 89.8 Å². The van der Waals surface area contributed by atoms with Gasteiger partial charge in [0.2, 0.25) is 0 Å². The van der Waals surface area contributed by atoms with Gasteiger partial charge in [-0.15, -0.1) is 6.42 Å². The minimum Gasteiger partial charge on any atom is -0.256 e. The zero-order chi connectivity index (χ0) is 10.7. The first-order valence-corrected chi connectivity index (χ1v) is 4.80. The monoisotopic (exact) mass is 193 g/mol. The van der Waals surface area contributed by atoms with Gasteiger partial charge in [0.25, 0.3) is 0 Å². The van der Waals surface area contributed by atoms with Crippen molar-refractivity contribution in [2.45, 2.75) is 6.92 Å². The van der Waals surface area contributed by atoms with Crippen LogP contribution in [0.4, 0.5) is 0 Å². The van der Waals surface area contributed by atoms with Crippen LogP contribution in [0.25, 0.3) is 11.3 Å². The summed E-state index contributed by atoms with van der Waals surface area (Å²) in [5.74, 6) is 2.63. The molecule has 0 atom stereocenters. The fourth-order valence-corrected chi connectivity index (χ4v) is 1.54. The van der Waals surface area contributed by atoms with E-state index in [4.69, 9.17) is 6.42 Å². The van der Waals surface area contributed by atoms with Gasteiger partial charge in [-0.3, -0.25) is 4.98 Å². The van der Waals surface area contributed by atoms with Gasteiger partial charge >= 0.3 is 0 Å². The van der Waals surface area contributed by atoms with Crippen molar-refractivity contribution >= 4 is 0 Å². The molecule has 1 nitrogen and oxygen atoms in total. The maximum absolute atomic E-state index is 5.36. The Kier molecular flexibility index (Phi) is 2.51. The molecule has 1 heterocycles. The molecule has 1 heteroatoms. The molecule has 15 heavy (non-hydrogen) atoms.